The molecule has 5 rings (SSSR count). The van der Waals surface area contributed by atoms with Crippen molar-refractivity contribution in [1.29, 1.82) is 5.26 Å². The molecule has 2 saturated carbocycles. The molecule has 7 nitrogen and oxygen atoms in total. The molecule has 1 atom stereocenters. The fourth-order valence-electron chi connectivity index (χ4n) is 4.34. The molecule has 1 N–H and O–H groups in total. The number of aromatic nitrogens is 2. The predicted molar refractivity (Wildman–Crippen MR) is 122 cm³/mol. The van der Waals surface area contributed by atoms with Crippen LogP contribution in [0.1, 0.15) is 38.2 Å². The van der Waals surface area contributed by atoms with E-state index in [-0.39, 0.29) is 22.3 Å². The number of sulfonamides is 1. The van der Waals surface area contributed by atoms with E-state index in [0.717, 1.165) is 25.7 Å². The largest absolute Gasteiger partial charge is 0.573 e. The third-order valence-electron chi connectivity index (χ3n) is 6.48. The molecular weight excluding hydrogens is 481 g/mol. The molecule has 0 unspecified atom stereocenters. The maximum atomic E-state index is 12.8. The van der Waals surface area contributed by atoms with Gasteiger partial charge in [0.1, 0.15) is 16.7 Å². The minimum atomic E-state index is -4.84. The average molecular weight is 505 g/mol. The van der Waals surface area contributed by atoms with Crippen LogP contribution >= 0.6 is 0 Å². The molecule has 2 aliphatic carbocycles. The second-order valence-electron chi connectivity index (χ2n) is 9.24. The first-order chi connectivity index (χ1) is 16.6. The normalized spacial score (nSPS) is 17.3. The molecule has 184 valence electrons. The number of pyridine rings is 1. The van der Waals surface area contributed by atoms with Gasteiger partial charge in [-0.2, -0.15) is 5.26 Å². The summed E-state index contributed by atoms with van der Waals surface area (Å²) in [6, 6.07) is 8.84. The smallest absolute Gasteiger partial charge is 0.406 e. The van der Waals surface area contributed by atoms with Crippen LogP contribution in [0.2, 0.25) is 0 Å². The second-order valence-corrected chi connectivity index (χ2v) is 11.0. The lowest BCUT2D eigenvalue weighted by Gasteiger charge is -2.14. The van der Waals surface area contributed by atoms with Crippen molar-refractivity contribution in [2.75, 3.05) is 0 Å². The van der Waals surface area contributed by atoms with Crippen molar-refractivity contribution in [3.8, 4) is 23.2 Å². The summed E-state index contributed by atoms with van der Waals surface area (Å²) >= 11 is 0. The zero-order valence-corrected chi connectivity index (χ0v) is 19.7. The van der Waals surface area contributed by atoms with Crippen molar-refractivity contribution in [1.82, 2.24) is 14.3 Å². The maximum absolute atomic E-state index is 12.8. The monoisotopic (exact) mass is 504 g/mol. The van der Waals surface area contributed by atoms with E-state index in [1.165, 1.54) is 36.5 Å². The number of fused-ring (bicyclic) bond motifs is 1. The van der Waals surface area contributed by atoms with Crippen molar-refractivity contribution in [3.05, 3.63) is 42.1 Å². The highest BCUT2D eigenvalue weighted by atomic mass is 32.2. The summed E-state index contributed by atoms with van der Waals surface area (Å²) in [5.41, 5.74) is 1.51. The van der Waals surface area contributed by atoms with Gasteiger partial charge in [0.05, 0.1) is 22.5 Å². The summed E-state index contributed by atoms with van der Waals surface area (Å²) in [7, 11) is -3.75. The van der Waals surface area contributed by atoms with Gasteiger partial charge in [-0.3, -0.25) is 4.98 Å². The highest BCUT2D eigenvalue weighted by molar-refractivity contribution is 7.89. The van der Waals surface area contributed by atoms with Crippen molar-refractivity contribution < 1.29 is 26.3 Å². The molecular formula is C24H23F3N4O3S. The summed E-state index contributed by atoms with van der Waals surface area (Å²) in [6.45, 7) is 2.34. The van der Waals surface area contributed by atoms with Crippen LogP contribution in [0.25, 0.3) is 22.3 Å². The zero-order valence-electron chi connectivity index (χ0n) is 18.8. The molecule has 3 aromatic rings. The van der Waals surface area contributed by atoms with Crippen molar-refractivity contribution in [2.45, 2.75) is 56.5 Å². The molecule has 0 aliphatic heterocycles. The molecule has 35 heavy (non-hydrogen) atoms. The van der Waals surface area contributed by atoms with E-state index >= 15 is 0 Å². The SMILES string of the molecule is C[C@H](NS(=O)(=O)c1ccc(-c2c(C#N)c3ccc(OC(F)(F)F)cc3n2CC2CC2)nc1)C1CC1. The minimum absolute atomic E-state index is 0.0120. The van der Waals surface area contributed by atoms with Gasteiger partial charge in [-0.1, -0.05) is 0 Å². The summed E-state index contributed by atoms with van der Waals surface area (Å²) in [5.74, 6) is 0.316. The highest BCUT2D eigenvalue weighted by Gasteiger charge is 2.33. The Morgan fingerprint density at radius 1 is 1.23 bits per heavy atom. The Balaban J connectivity index is 1.56. The van der Waals surface area contributed by atoms with Gasteiger partial charge in [-0.05, 0) is 68.7 Å². The number of benzene rings is 1. The minimum Gasteiger partial charge on any atom is -0.406 e. The highest BCUT2D eigenvalue weighted by Crippen LogP contribution is 2.40. The first-order valence-electron chi connectivity index (χ1n) is 11.4. The Kier molecular flexibility index (Phi) is 5.76. The lowest BCUT2D eigenvalue weighted by atomic mass is 10.1. The van der Waals surface area contributed by atoms with E-state index in [4.69, 9.17) is 0 Å². The number of alkyl halides is 3. The summed E-state index contributed by atoms with van der Waals surface area (Å²) in [6.07, 6.45) is 0.370. The van der Waals surface area contributed by atoms with Gasteiger partial charge in [-0.25, -0.2) is 13.1 Å². The lowest BCUT2D eigenvalue weighted by Crippen LogP contribution is -2.34. The van der Waals surface area contributed by atoms with Crippen LogP contribution in [0.4, 0.5) is 13.2 Å². The van der Waals surface area contributed by atoms with Crippen molar-refractivity contribution in [3.63, 3.8) is 0 Å². The maximum Gasteiger partial charge on any atom is 0.573 e. The van der Waals surface area contributed by atoms with Gasteiger partial charge in [0.2, 0.25) is 10.0 Å². The topological polar surface area (TPSA) is 97.0 Å². The van der Waals surface area contributed by atoms with Gasteiger partial charge < -0.3 is 9.30 Å². The predicted octanol–water partition coefficient (Wildman–Crippen LogP) is 4.96. The van der Waals surface area contributed by atoms with E-state index in [2.05, 4.69) is 20.5 Å². The number of nitriles is 1. The van der Waals surface area contributed by atoms with Gasteiger partial charge >= 0.3 is 6.36 Å². The van der Waals surface area contributed by atoms with Crippen LogP contribution in [-0.2, 0) is 16.6 Å². The molecule has 0 bridgehead atoms. The molecule has 0 saturated heterocycles. The molecule has 2 fully saturated rings. The van der Waals surface area contributed by atoms with Gasteiger partial charge in [0.15, 0.2) is 0 Å². The first kappa shape index (κ1) is 23.6. The molecule has 0 amide bonds. The van der Waals surface area contributed by atoms with Gasteiger partial charge in [0.25, 0.3) is 0 Å². The van der Waals surface area contributed by atoms with Crippen LogP contribution in [0.15, 0.2) is 41.4 Å². The number of hydrogen-bond acceptors (Lipinski definition) is 5. The van der Waals surface area contributed by atoms with Crippen molar-refractivity contribution in [2.24, 2.45) is 11.8 Å². The van der Waals surface area contributed by atoms with Gasteiger partial charge in [0, 0.05) is 30.2 Å². The Morgan fingerprint density at radius 3 is 2.54 bits per heavy atom. The first-order valence-corrected chi connectivity index (χ1v) is 12.8. The summed E-state index contributed by atoms with van der Waals surface area (Å²) < 4.78 is 72.4. The zero-order chi connectivity index (χ0) is 25.0. The Labute approximate surface area is 200 Å². The molecule has 0 spiro atoms. The van der Waals surface area contributed by atoms with E-state index in [1.807, 2.05) is 6.92 Å². The standard InChI is InChI=1S/C24H23F3N4O3S/c1-14(16-4-5-16)30-35(32,33)18-7-9-21(29-12-18)23-20(11-28)19-8-6-17(34-24(25,26)27)10-22(19)31(23)13-15-2-3-15/h6-10,12,14-16,30H,2-5,13H2,1H3/t14-/m0/s1. The third-order valence-corrected chi connectivity index (χ3v) is 8.02. The number of rotatable bonds is 8. The van der Waals surface area contributed by atoms with Crippen LogP contribution in [-0.4, -0.2) is 30.4 Å². The second kappa shape index (κ2) is 8.53. The van der Waals surface area contributed by atoms with Crippen LogP contribution in [0.3, 0.4) is 0 Å². The Bertz CT molecular complexity index is 1420. The Morgan fingerprint density at radius 2 is 1.97 bits per heavy atom. The quantitative estimate of drug-likeness (QED) is 0.468. The number of ether oxygens (including phenoxy) is 1. The number of nitrogens with one attached hydrogen (secondary N) is 1. The van der Waals surface area contributed by atoms with E-state index in [0.29, 0.717) is 40.7 Å². The number of nitrogens with zero attached hydrogens (tertiary/aromatic N) is 3. The molecule has 2 heterocycles. The van der Waals surface area contributed by atoms with Crippen LogP contribution in [0, 0.1) is 23.2 Å². The van der Waals surface area contributed by atoms with Gasteiger partial charge in [-0.15, -0.1) is 13.2 Å². The Hall–Kier alpha value is -3.10. The van der Waals surface area contributed by atoms with E-state index in [9.17, 15) is 26.9 Å². The molecule has 0 radical (unpaired) electrons. The van der Waals surface area contributed by atoms with E-state index < -0.39 is 16.4 Å². The fourth-order valence-corrected chi connectivity index (χ4v) is 5.60. The fraction of sp³-hybridized carbons (Fsp3) is 0.417. The van der Waals surface area contributed by atoms with Crippen molar-refractivity contribution >= 4 is 20.9 Å². The molecule has 11 heteroatoms. The molecule has 2 aliphatic rings. The van der Waals surface area contributed by atoms with Crippen LogP contribution < -0.4 is 9.46 Å². The lowest BCUT2D eigenvalue weighted by molar-refractivity contribution is -0.274. The number of halogens is 3. The summed E-state index contributed by atoms with van der Waals surface area (Å²) in [4.78, 5) is 4.37. The van der Waals surface area contributed by atoms with E-state index in [1.54, 1.807) is 4.57 Å². The van der Waals surface area contributed by atoms with Crippen LogP contribution in [0.5, 0.6) is 5.75 Å². The third kappa shape index (κ3) is 4.99. The molecule has 2 aromatic heterocycles. The summed E-state index contributed by atoms with van der Waals surface area (Å²) in [5, 5.41) is 10.4. The molecule has 1 aromatic carbocycles. The average Bonchev–Trinajstić information content (AvgIpc) is 3.70. The number of hydrogen-bond donors (Lipinski definition) is 1.